The Hall–Kier alpha value is -1.92. The van der Waals surface area contributed by atoms with Gasteiger partial charge in [-0.2, -0.15) is 5.26 Å². The van der Waals surface area contributed by atoms with Gasteiger partial charge in [0.05, 0.1) is 11.6 Å². The Labute approximate surface area is 105 Å². The molecule has 0 heterocycles. The smallest absolute Gasteiger partial charge is 0.116 e. The topological polar surface area (TPSA) is 44.0 Å². The first kappa shape index (κ1) is 11.6. The molecule has 17 heavy (non-hydrogen) atoms. The summed E-state index contributed by atoms with van der Waals surface area (Å²) in [5, 5.41) is 18.2. The molecule has 0 aliphatic carbocycles. The van der Waals surface area contributed by atoms with Crippen LogP contribution in [0, 0.1) is 18.3 Å². The molecule has 2 aromatic rings. The van der Waals surface area contributed by atoms with Crippen molar-refractivity contribution in [1.29, 1.82) is 5.26 Å². The highest BCUT2D eigenvalue weighted by Crippen LogP contribution is 2.30. The Morgan fingerprint density at radius 1 is 1.12 bits per heavy atom. The molecular weight excluding hydrogens is 230 g/mol. The molecule has 0 amide bonds. The summed E-state index contributed by atoms with van der Waals surface area (Å²) in [7, 11) is 0. The van der Waals surface area contributed by atoms with E-state index in [4.69, 9.17) is 5.26 Å². The fourth-order valence-corrected chi connectivity index (χ4v) is 2.48. The first-order valence-corrected chi connectivity index (χ1v) is 5.98. The summed E-state index contributed by atoms with van der Waals surface area (Å²) in [6.45, 7) is 1.92. The van der Waals surface area contributed by atoms with Crippen LogP contribution in [0.5, 0.6) is 5.75 Å². The van der Waals surface area contributed by atoms with Gasteiger partial charge in [-0.05, 0) is 48.9 Å². The van der Waals surface area contributed by atoms with E-state index in [1.807, 2.05) is 37.3 Å². The van der Waals surface area contributed by atoms with Gasteiger partial charge in [0.15, 0.2) is 0 Å². The van der Waals surface area contributed by atoms with Crippen LogP contribution in [-0.4, -0.2) is 5.11 Å². The highest BCUT2D eigenvalue weighted by atomic mass is 32.2. The van der Waals surface area contributed by atoms with E-state index in [0.717, 1.165) is 15.4 Å². The van der Waals surface area contributed by atoms with Gasteiger partial charge in [0, 0.05) is 9.79 Å². The average Bonchev–Trinajstić information content (AvgIpc) is 2.29. The van der Waals surface area contributed by atoms with Gasteiger partial charge < -0.3 is 5.11 Å². The number of nitrogens with zero attached hydrogens (tertiary/aromatic N) is 1. The number of benzene rings is 2. The standard InChI is InChI=1S/C14H11NOS/c1-10-7-14(6-5-11(10)9-15)17-13-4-2-3-12(16)8-13/h2-8,16H,1H3. The van der Waals surface area contributed by atoms with Crippen LogP contribution in [0.15, 0.2) is 52.3 Å². The summed E-state index contributed by atoms with van der Waals surface area (Å²) in [6.07, 6.45) is 0. The summed E-state index contributed by atoms with van der Waals surface area (Å²) in [6, 6.07) is 15.0. The van der Waals surface area contributed by atoms with Crippen molar-refractivity contribution in [2.45, 2.75) is 16.7 Å². The third kappa shape index (κ3) is 2.80. The maximum atomic E-state index is 9.37. The fraction of sp³-hybridized carbons (Fsp3) is 0.0714. The quantitative estimate of drug-likeness (QED) is 0.871. The molecule has 2 aromatic carbocycles. The molecule has 0 atom stereocenters. The van der Waals surface area contributed by atoms with Gasteiger partial charge in [-0.15, -0.1) is 0 Å². The minimum absolute atomic E-state index is 0.264. The van der Waals surface area contributed by atoms with E-state index in [0.29, 0.717) is 5.56 Å². The molecule has 0 bridgehead atoms. The Morgan fingerprint density at radius 2 is 1.88 bits per heavy atom. The van der Waals surface area contributed by atoms with Crippen LogP contribution in [0.4, 0.5) is 0 Å². The number of rotatable bonds is 2. The number of nitriles is 1. The largest absolute Gasteiger partial charge is 0.508 e. The zero-order valence-electron chi connectivity index (χ0n) is 9.34. The minimum Gasteiger partial charge on any atom is -0.508 e. The van der Waals surface area contributed by atoms with Crippen molar-refractivity contribution < 1.29 is 5.11 Å². The summed E-state index contributed by atoms with van der Waals surface area (Å²) in [5.41, 5.74) is 1.67. The molecular formula is C14H11NOS. The lowest BCUT2D eigenvalue weighted by atomic mass is 10.1. The predicted octanol–water partition coefficient (Wildman–Crippen LogP) is 3.72. The average molecular weight is 241 g/mol. The van der Waals surface area contributed by atoms with Crippen LogP contribution < -0.4 is 0 Å². The molecule has 0 spiro atoms. The van der Waals surface area contributed by atoms with Crippen LogP contribution in [0.2, 0.25) is 0 Å². The molecule has 0 aliphatic rings. The first-order valence-electron chi connectivity index (χ1n) is 5.16. The van der Waals surface area contributed by atoms with E-state index >= 15 is 0 Å². The van der Waals surface area contributed by atoms with Gasteiger partial charge in [0.25, 0.3) is 0 Å². The van der Waals surface area contributed by atoms with Crippen LogP contribution >= 0.6 is 11.8 Å². The monoisotopic (exact) mass is 241 g/mol. The van der Waals surface area contributed by atoms with Crippen LogP contribution in [0.25, 0.3) is 0 Å². The molecule has 3 heteroatoms. The van der Waals surface area contributed by atoms with Crippen molar-refractivity contribution in [2.75, 3.05) is 0 Å². The lowest BCUT2D eigenvalue weighted by molar-refractivity contribution is 0.474. The zero-order chi connectivity index (χ0) is 12.3. The van der Waals surface area contributed by atoms with Crippen LogP contribution in [-0.2, 0) is 0 Å². The van der Waals surface area contributed by atoms with Crippen molar-refractivity contribution in [1.82, 2.24) is 0 Å². The van der Waals surface area contributed by atoms with Crippen molar-refractivity contribution >= 4 is 11.8 Å². The zero-order valence-corrected chi connectivity index (χ0v) is 10.2. The Bertz CT molecular complexity index is 587. The normalized spacial score (nSPS) is 9.88. The number of hydrogen-bond donors (Lipinski definition) is 1. The summed E-state index contributed by atoms with van der Waals surface area (Å²) in [4.78, 5) is 2.04. The number of aryl methyl sites for hydroxylation is 1. The van der Waals surface area contributed by atoms with Crippen molar-refractivity contribution in [3.05, 3.63) is 53.6 Å². The van der Waals surface area contributed by atoms with Crippen LogP contribution in [0.1, 0.15) is 11.1 Å². The number of phenols is 1. The molecule has 0 radical (unpaired) electrons. The van der Waals surface area contributed by atoms with Gasteiger partial charge in [-0.25, -0.2) is 0 Å². The third-order valence-electron chi connectivity index (χ3n) is 2.37. The number of hydrogen-bond acceptors (Lipinski definition) is 3. The maximum Gasteiger partial charge on any atom is 0.116 e. The Kier molecular flexibility index (Phi) is 3.36. The molecule has 0 unspecified atom stereocenters. The lowest BCUT2D eigenvalue weighted by Gasteiger charge is -2.04. The molecule has 0 aromatic heterocycles. The summed E-state index contributed by atoms with van der Waals surface area (Å²) in [5.74, 6) is 0.264. The van der Waals surface area contributed by atoms with Crippen molar-refractivity contribution in [3.63, 3.8) is 0 Å². The van der Waals surface area contributed by atoms with E-state index in [2.05, 4.69) is 6.07 Å². The number of aromatic hydroxyl groups is 1. The predicted molar refractivity (Wildman–Crippen MR) is 68.1 cm³/mol. The maximum absolute atomic E-state index is 9.37. The van der Waals surface area contributed by atoms with E-state index in [-0.39, 0.29) is 5.75 Å². The summed E-state index contributed by atoms with van der Waals surface area (Å²) >= 11 is 1.57. The number of phenolic OH excluding ortho intramolecular Hbond substituents is 1. The highest BCUT2D eigenvalue weighted by molar-refractivity contribution is 7.99. The first-order chi connectivity index (χ1) is 8.19. The molecule has 0 aliphatic heterocycles. The van der Waals surface area contributed by atoms with E-state index in [9.17, 15) is 5.11 Å². The van der Waals surface area contributed by atoms with E-state index in [1.165, 1.54) is 0 Å². The minimum atomic E-state index is 0.264. The van der Waals surface area contributed by atoms with Crippen molar-refractivity contribution in [2.24, 2.45) is 0 Å². The molecule has 84 valence electrons. The van der Waals surface area contributed by atoms with E-state index in [1.54, 1.807) is 23.9 Å². The van der Waals surface area contributed by atoms with E-state index < -0.39 is 0 Å². The molecule has 2 nitrogen and oxygen atoms in total. The molecule has 1 N–H and O–H groups in total. The lowest BCUT2D eigenvalue weighted by Crippen LogP contribution is -1.82. The van der Waals surface area contributed by atoms with Gasteiger partial charge in [-0.3, -0.25) is 0 Å². The second-order valence-electron chi connectivity index (χ2n) is 3.69. The van der Waals surface area contributed by atoms with Crippen LogP contribution in [0.3, 0.4) is 0 Å². The molecule has 2 rings (SSSR count). The van der Waals surface area contributed by atoms with Gasteiger partial charge >= 0.3 is 0 Å². The third-order valence-corrected chi connectivity index (χ3v) is 3.35. The van der Waals surface area contributed by atoms with Gasteiger partial charge in [-0.1, -0.05) is 17.8 Å². The molecule has 0 saturated heterocycles. The highest BCUT2D eigenvalue weighted by Gasteiger charge is 2.02. The Balaban J connectivity index is 2.25. The fourth-order valence-electron chi connectivity index (χ4n) is 1.51. The second kappa shape index (κ2) is 4.94. The van der Waals surface area contributed by atoms with Crippen molar-refractivity contribution in [3.8, 4) is 11.8 Å². The second-order valence-corrected chi connectivity index (χ2v) is 4.83. The van der Waals surface area contributed by atoms with Gasteiger partial charge in [0.2, 0.25) is 0 Å². The Morgan fingerprint density at radius 3 is 2.53 bits per heavy atom. The molecule has 0 saturated carbocycles. The van der Waals surface area contributed by atoms with Gasteiger partial charge in [0.1, 0.15) is 5.75 Å². The summed E-state index contributed by atoms with van der Waals surface area (Å²) < 4.78 is 0. The SMILES string of the molecule is Cc1cc(Sc2cccc(O)c2)ccc1C#N. The molecule has 0 fully saturated rings.